The third-order valence-electron chi connectivity index (χ3n) is 6.07. The van der Waals surface area contributed by atoms with Crippen molar-refractivity contribution in [2.75, 3.05) is 18.4 Å². The summed E-state index contributed by atoms with van der Waals surface area (Å²) in [6.07, 6.45) is 5.70. The Hall–Kier alpha value is -4.09. The summed E-state index contributed by atoms with van der Waals surface area (Å²) >= 11 is 0.0417. The van der Waals surface area contributed by atoms with Crippen molar-refractivity contribution < 1.29 is 13.7 Å². The molecule has 0 saturated carbocycles. The largest absolute Gasteiger partial charge is 0.489 e. The van der Waals surface area contributed by atoms with Crippen LogP contribution in [0.15, 0.2) is 67.4 Å². The van der Waals surface area contributed by atoms with Crippen molar-refractivity contribution in [1.82, 2.24) is 28.9 Å². The Morgan fingerprint density at radius 3 is 2.83 bits per heavy atom. The van der Waals surface area contributed by atoms with E-state index in [9.17, 15) is 4.21 Å². The normalized spacial score (nSPS) is 16.0. The Morgan fingerprint density at radius 2 is 1.97 bits per heavy atom. The van der Waals surface area contributed by atoms with Crippen molar-refractivity contribution >= 4 is 39.9 Å². The van der Waals surface area contributed by atoms with Gasteiger partial charge in [-0.05, 0) is 61.4 Å². The lowest BCUT2D eigenvalue weighted by molar-refractivity contribution is 0.217. The molecule has 3 aromatic heterocycles. The average Bonchev–Trinajstić information content (AvgIpc) is 3.55. The second-order valence-electron chi connectivity index (χ2n) is 8.56. The van der Waals surface area contributed by atoms with Crippen LogP contribution in [-0.2, 0) is 11.9 Å². The molecule has 11 heteroatoms. The number of nitrogens with zero attached hydrogens (tertiary/aromatic N) is 6. The molecule has 0 spiro atoms. The number of anilines is 2. The number of thiol groups is 1. The first-order valence-corrected chi connectivity index (χ1v) is 12.3. The van der Waals surface area contributed by atoms with Crippen molar-refractivity contribution in [2.24, 2.45) is 0 Å². The fourth-order valence-electron chi connectivity index (χ4n) is 4.25. The van der Waals surface area contributed by atoms with Crippen LogP contribution in [0.4, 0.5) is 11.5 Å². The molecule has 0 unspecified atom stereocenters. The number of benzene rings is 2. The molecule has 1 fully saturated rings. The van der Waals surface area contributed by atoms with Crippen LogP contribution in [0.3, 0.4) is 0 Å². The van der Waals surface area contributed by atoms with Crippen LogP contribution in [0.5, 0.6) is 17.2 Å². The standard InChI is InChI=1S/C25H23N7O3S/c1-16-10-17(2-5-23(16)35-19-7-9-32-24(12-19)27-15-29-32)30-25-21-11-18(3-4-22(21)26-14-28-25)34-20-6-8-31(13-20)36-33/h2-5,7,9-12,14-15,20,36H,6,8,13H2,1H3,(H,26,28,30)/t20-/m1/s1. The van der Waals surface area contributed by atoms with Gasteiger partial charge in [0.2, 0.25) is 0 Å². The number of aromatic nitrogens is 5. The number of ether oxygens (including phenoxy) is 2. The van der Waals surface area contributed by atoms with Gasteiger partial charge in [-0.2, -0.15) is 5.10 Å². The van der Waals surface area contributed by atoms with E-state index in [-0.39, 0.29) is 18.0 Å². The van der Waals surface area contributed by atoms with Gasteiger partial charge < -0.3 is 14.8 Å². The number of pyridine rings is 1. The van der Waals surface area contributed by atoms with Crippen molar-refractivity contribution in [2.45, 2.75) is 19.4 Å². The van der Waals surface area contributed by atoms with E-state index in [1.54, 1.807) is 10.8 Å². The van der Waals surface area contributed by atoms with E-state index in [0.29, 0.717) is 18.1 Å². The van der Waals surface area contributed by atoms with Gasteiger partial charge in [0.1, 0.15) is 41.8 Å². The summed E-state index contributed by atoms with van der Waals surface area (Å²) in [5.41, 5.74) is 3.37. The molecule has 1 saturated heterocycles. The summed E-state index contributed by atoms with van der Waals surface area (Å²) < 4.78 is 26.8. The zero-order valence-electron chi connectivity index (χ0n) is 19.4. The van der Waals surface area contributed by atoms with E-state index < -0.39 is 0 Å². The van der Waals surface area contributed by atoms with E-state index in [0.717, 1.165) is 52.3 Å². The van der Waals surface area contributed by atoms with Gasteiger partial charge in [0.25, 0.3) is 0 Å². The molecule has 5 aromatic rings. The maximum Gasteiger partial charge on any atom is 0.158 e. The highest BCUT2D eigenvalue weighted by Gasteiger charge is 2.23. The lowest BCUT2D eigenvalue weighted by Gasteiger charge is -2.15. The van der Waals surface area contributed by atoms with Gasteiger partial charge in [0.15, 0.2) is 5.65 Å². The lowest BCUT2D eigenvalue weighted by atomic mass is 10.2. The monoisotopic (exact) mass is 501 g/mol. The minimum Gasteiger partial charge on any atom is -0.489 e. The fraction of sp³-hybridized carbons (Fsp3) is 0.200. The van der Waals surface area contributed by atoms with Gasteiger partial charge in [-0.3, -0.25) is 0 Å². The average molecular weight is 502 g/mol. The first-order valence-electron chi connectivity index (χ1n) is 11.5. The predicted molar refractivity (Wildman–Crippen MR) is 137 cm³/mol. The van der Waals surface area contributed by atoms with Crippen LogP contribution >= 0.6 is 0 Å². The molecule has 0 bridgehead atoms. The van der Waals surface area contributed by atoms with Crippen LogP contribution in [-0.4, -0.2) is 52.3 Å². The Morgan fingerprint density at radius 1 is 1.03 bits per heavy atom. The number of nitrogens with one attached hydrogen (secondary N) is 1. The smallest absolute Gasteiger partial charge is 0.158 e. The molecule has 0 radical (unpaired) electrons. The van der Waals surface area contributed by atoms with Crippen LogP contribution in [0, 0.1) is 6.92 Å². The van der Waals surface area contributed by atoms with Gasteiger partial charge in [0, 0.05) is 36.4 Å². The summed E-state index contributed by atoms with van der Waals surface area (Å²) in [6.45, 7) is 3.39. The molecule has 4 heterocycles. The molecule has 1 aliphatic rings. The molecule has 182 valence electrons. The Balaban J connectivity index is 1.21. The summed E-state index contributed by atoms with van der Waals surface area (Å²) in [6, 6.07) is 15.3. The molecule has 1 atom stereocenters. The van der Waals surface area contributed by atoms with Crippen LogP contribution in [0.2, 0.25) is 0 Å². The highest BCUT2D eigenvalue weighted by atomic mass is 32.2. The molecular formula is C25H23N7O3S. The second-order valence-corrected chi connectivity index (χ2v) is 9.29. The summed E-state index contributed by atoms with van der Waals surface area (Å²) in [5, 5.41) is 8.36. The number of fused-ring (bicyclic) bond motifs is 2. The molecule has 1 aliphatic heterocycles. The van der Waals surface area contributed by atoms with Crippen molar-refractivity contribution in [3.63, 3.8) is 0 Å². The molecule has 36 heavy (non-hydrogen) atoms. The second kappa shape index (κ2) is 9.51. The maximum atomic E-state index is 11.1. The van der Waals surface area contributed by atoms with Crippen LogP contribution in [0.1, 0.15) is 12.0 Å². The van der Waals surface area contributed by atoms with Crippen LogP contribution < -0.4 is 14.8 Å². The first kappa shape index (κ1) is 22.4. The number of hydrogen-bond donors (Lipinski definition) is 2. The summed E-state index contributed by atoms with van der Waals surface area (Å²) in [7, 11) is 0. The molecule has 6 rings (SSSR count). The highest BCUT2D eigenvalue weighted by Crippen LogP contribution is 2.31. The fourth-order valence-corrected chi connectivity index (χ4v) is 4.69. The zero-order chi connectivity index (χ0) is 24.5. The summed E-state index contributed by atoms with van der Waals surface area (Å²) in [4.78, 5) is 13.1. The minimum absolute atomic E-state index is 0.00518. The van der Waals surface area contributed by atoms with Gasteiger partial charge in [-0.15, -0.1) is 0 Å². The molecule has 0 amide bonds. The summed E-state index contributed by atoms with van der Waals surface area (Å²) in [5.74, 6) is 2.85. The van der Waals surface area contributed by atoms with E-state index in [2.05, 4.69) is 25.4 Å². The SMILES string of the molecule is Cc1cc(Nc2ncnc3ccc(O[C@@H]4CCN([SH]=O)C4)cc23)ccc1Oc1ccn2ncnc2c1. The molecule has 1 N–H and O–H groups in total. The first-order chi connectivity index (χ1) is 17.6. The molecule has 10 nitrogen and oxygen atoms in total. The Labute approximate surface area is 210 Å². The van der Waals surface area contributed by atoms with E-state index >= 15 is 0 Å². The number of rotatable bonds is 7. The highest BCUT2D eigenvalue weighted by molar-refractivity contribution is 7.63. The third kappa shape index (κ3) is 4.58. The minimum atomic E-state index is 0.00518. The maximum absolute atomic E-state index is 11.1. The Bertz CT molecular complexity index is 1570. The van der Waals surface area contributed by atoms with Crippen molar-refractivity contribution in [3.8, 4) is 17.2 Å². The third-order valence-corrected chi connectivity index (χ3v) is 6.66. The van der Waals surface area contributed by atoms with Gasteiger partial charge in [0.05, 0.1) is 17.4 Å². The van der Waals surface area contributed by atoms with Crippen molar-refractivity contribution in [1.29, 1.82) is 0 Å². The van der Waals surface area contributed by atoms with Gasteiger partial charge in [-0.1, -0.05) is 0 Å². The number of aryl methyl sites for hydroxylation is 1. The van der Waals surface area contributed by atoms with Gasteiger partial charge in [-0.25, -0.2) is 28.0 Å². The quantitative estimate of drug-likeness (QED) is 0.324. The van der Waals surface area contributed by atoms with E-state index in [1.165, 1.54) is 6.33 Å². The molecule has 2 aromatic carbocycles. The van der Waals surface area contributed by atoms with E-state index in [1.807, 2.05) is 66.0 Å². The van der Waals surface area contributed by atoms with E-state index in [4.69, 9.17) is 9.47 Å². The van der Waals surface area contributed by atoms with Crippen molar-refractivity contribution in [3.05, 3.63) is 72.9 Å². The zero-order valence-corrected chi connectivity index (χ0v) is 20.3. The lowest BCUT2D eigenvalue weighted by Crippen LogP contribution is -2.21. The molecular weight excluding hydrogens is 478 g/mol. The number of hydrogen-bond acceptors (Lipinski definition) is 8. The van der Waals surface area contributed by atoms with Crippen LogP contribution in [0.25, 0.3) is 16.6 Å². The topological polar surface area (TPSA) is 107 Å². The van der Waals surface area contributed by atoms with Gasteiger partial charge >= 0.3 is 0 Å². The Kier molecular flexibility index (Phi) is 5.91. The predicted octanol–water partition coefficient (Wildman–Crippen LogP) is 3.83. The molecule has 0 aliphatic carbocycles.